The van der Waals surface area contributed by atoms with E-state index in [1.807, 2.05) is 20.8 Å². The van der Waals surface area contributed by atoms with Gasteiger partial charge in [-0.2, -0.15) is 0 Å². The number of fused-ring (bicyclic) bond motifs is 7. The molecule has 0 bridgehead atoms. The number of rotatable bonds is 3. The zero-order valence-corrected chi connectivity index (χ0v) is 29.2. The topological polar surface area (TPSA) is 171 Å². The van der Waals surface area contributed by atoms with Gasteiger partial charge in [0.25, 0.3) is 0 Å². The van der Waals surface area contributed by atoms with Crippen LogP contribution in [0.5, 0.6) is 0 Å². The lowest BCUT2D eigenvalue weighted by atomic mass is 9.62. The van der Waals surface area contributed by atoms with E-state index >= 15 is 0 Å². The molecular weight excluding hydrogens is 612 g/mol. The van der Waals surface area contributed by atoms with E-state index in [1.165, 1.54) is 19.3 Å². The summed E-state index contributed by atoms with van der Waals surface area (Å²) in [5.74, 6) is 0.937. The van der Waals surface area contributed by atoms with E-state index in [0.717, 1.165) is 51.5 Å². The second-order valence-corrected chi connectivity index (χ2v) is 17.5. The van der Waals surface area contributed by atoms with Crippen LogP contribution in [0.25, 0.3) is 0 Å². The molecule has 7 N–H and O–H groups in total. The van der Waals surface area contributed by atoms with Crippen LogP contribution in [0.4, 0.5) is 0 Å². The Morgan fingerprint density at radius 3 is 2.54 bits per heavy atom. The van der Waals surface area contributed by atoms with Crippen molar-refractivity contribution in [3.63, 3.8) is 0 Å². The Kier molecular flexibility index (Phi) is 9.05. The molecule has 6 aliphatic heterocycles. The fourth-order valence-corrected chi connectivity index (χ4v) is 12.2. The van der Waals surface area contributed by atoms with Crippen molar-refractivity contribution in [1.29, 1.82) is 0 Å². The highest BCUT2D eigenvalue weighted by Gasteiger charge is 2.66. The summed E-state index contributed by atoms with van der Waals surface area (Å²) in [5.41, 5.74) is 11.5. The molecule has 0 amide bonds. The Bertz CT molecular complexity index is 1240. The average molecular weight is 673 g/mol. The quantitative estimate of drug-likeness (QED) is 0.221. The number of ketones is 1. The van der Waals surface area contributed by atoms with Crippen LogP contribution in [-0.4, -0.2) is 89.6 Å². The maximum Gasteiger partial charge on any atom is 0.341 e. The first kappa shape index (κ1) is 33.9. The van der Waals surface area contributed by atoms with Gasteiger partial charge in [0, 0.05) is 30.7 Å². The number of hydrogen-bond acceptors (Lipinski definition) is 11. The van der Waals surface area contributed by atoms with Gasteiger partial charge in [-0.3, -0.25) is 10.1 Å². The smallest absolute Gasteiger partial charge is 0.341 e. The number of epoxide rings is 1. The van der Waals surface area contributed by atoms with Gasteiger partial charge in [0.1, 0.15) is 17.5 Å². The molecule has 0 aromatic rings. The van der Waals surface area contributed by atoms with Gasteiger partial charge in [-0.25, -0.2) is 4.79 Å². The normalized spacial score (nSPS) is 53.3. The van der Waals surface area contributed by atoms with Crippen LogP contribution in [0.2, 0.25) is 0 Å². The summed E-state index contributed by atoms with van der Waals surface area (Å²) >= 11 is 0. The van der Waals surface area contributed by atoms with Crippen molar-refractivity contribution in [1.82, 2.24) is 10.6 Å². The van der Waals surface area contributed by atoms with Crippen molar-refractivity contribution in [2.24, 2.45) is 52.9 Å². The highest BCUT2D eigenvalue weighted by molar-refractivity contribution is 5.84. The van der Waals surface area contributed by atoms with E-state index in [2.05, 4.69) is 10.6 Å². The van der Waals surface area contributed by atoms with E-state index in [9.17, 15) is 14.7 Å². The molecule has 48 heavy (non-hydrogen) atoms. The van der Waals surface area contributed by atoms with Crippen LogP contribution in [0.1, 0.15) is 104 Å². The van der Waals surface area contributed by atoms with Gasteiger partial charge in [0.15, 0.2) is 5.60 Å². The molecule has 17 atom stereocenters. The largest absolute Gasteiger partial charge is 0.457 e. The summed E-state index contributed by atoms with van der Waals surface area (Å²) < 4.78 is 25.7. The van der Waals surface area contributed by atoms with E-state index in [1.54, 1.807) is 0 Å². The third kappa shape index (κ3) is 5.80. The first-order valence-corrected chi connectivity index (χ1v) is 19.4. The Balaban J connectivity index is 0.958. The zero-order valence-electron chi connectivity index (χ0n) is 29.2. The van der Waals surface area contributed by atoms with E-state index in [-0.39, 0.29) is 60.3 Å². The first-order chi connectivity index (χ1) is 23.0. The highest BCUT2D eigenvalue weighted by Crippen LogP contribution is 2.54. The molecule has 1 spiro atoms. The molecule has 6 saturated heterocycles. The predicted molar refractivity (Wildman–Crippen MR) is 177 cm³/mol. The summed E-state index contributed by atoms with van der Waals surface area (Å²) in [6.07, 6.45) is 9.30. The summed E-state index contributed by atoms with van der Waals surface area (Å²) in [6.45, 7) is 6.89. The number of nitrogens with two attached hydrogens (primary N) is 2. The molecule has 0 aromatic carbocycles. The fraction of sp³-hybridized carbons (Fsp3) is 0.946. The molecular formula is C37H60N4O7. The maximum absolute atomic E-state index is 14.2. The minimum Gasteiger partial charge on any atom is -0.457 e. The van der Waals surface area contributed by atoms with Gasteiger partial charge in [0.05, 0.1) is 48.8 Å². The highest BCUT2D eigenvalue weighted by atomic mass is 16.7. The lowest BCUT2D eigenvalue weighted by molar-refractivity contribution is -0.278. The molecule has 8 fully saturated rings. The molecule has 8 aliphatic rings. The summed E-state index contributed by atoms with van der Waals surface area (Å²) in [6, 6.07) is 0.391. The minimum atomic E-state index is -0.911. The molecule has 13 unspecified atom stereocenters. The molecule has 270 valence electrons. The number of aliphatic hydroxyl groups is 1. The van der Waals surface area contributed by atoms with Crippen LogP contribution in [0.3, 0.4) is 0 Å². The molecule has 0 radical (unpaired) electrons. The van der Waals surface area contributed by atoms with Crippen LogP contribution >= 0.6 is 0 Å². The third-order valence-electron chi connectivity index (χ3n) is 14.3. The molecule has 0 aromatic heterocycles. The van der Waals surface area contributed by atoms with Crippen molar-refractivity contribution in [2.75, 3.05) is 6.54 Å². The number of carbonyl (C=O) groups is 2. The number of esters is 1. The average Bonchev–Trinajstić information content (AvgIpc) is 3.75. The van der Waals surface area contributed by atoms with Crippen LogP contribution < -0.4 is 22.1 Å². The van der Waals surface area contributed by atoms with E-state index in [4.69, 9.17) is 30.4 Å². The van der Waals surface area contributed by atoms with Crippen molar-refractivity contribution in [2.45, 2.75) is 170 Å². The van der Waals surface area contributed by atoms with Crippen LogP contribution in [-0.2, 0) is 28.5 Å². The SMILES string of the molecule is CC1CC(=O)C2C(CC3OC(C)(C)[C@@H]4OC(=O)[C@]5(CCCC[C@@H]4C3C2O)O[C@@H]5CCC2CC(N)NC3C2CCCC2C(N)NCCC23)O1. The Labute approximate surface area is 285 Å². The fourth-order valence-electron chi connectivity index (χ4n) is 12.2. The first-order valence-electron chi connectivity index (χ1n) is 19.4. The Morgan fingerprint density at radius 1 is 0.917 bits per heavy atom. The van der Waals surface area contributed by atoms with Gasteiger partial charge in [0.2, 0.25) is 0 Å². The van der Waals surface area contributed by atoms with Crippen molar-refractivity contribution in [3.8, 4) is 0 Å². The van der Waals surface area contributed by atoms with Gasteiger partial charge >= 0.3 is 5.97 Å². The molecule has 2 aliphatic carbocycles. The second kappa shape index (κ2) is 12.8. The monoisotopic (exact) mass is 672 g/mol. The minimum absolute atomic E-state index is 0.0244. The lowest BCUT2D eigenvalue weighted by Crippen LogP contribution is -2.66. The number of ether oxygens (including phenoxy) is 4. The zero-order chi connectivity index (χ0) is 33.5. The van der Waals surface area contributed by atoms with Crippen molar-refractivity contribution in [3.05, 3.63) is 0 Å². The molecule has 11 heteroatoms. The van der Waals surface area contributed by atoms with Crippen molar-refractivity contribution < 1.29 is 33.6 Å². The van der Waals surface area contributed by atoms with E-state index in [0.29, 0.717) is 49.0 Å². The van der Waals surface area contributed by atoms with Crippen molar-refractivity contribution >= 4 is 11.8 Å². The predicted octanol–water partition coefficient (Wildman–Crippen LogP) is 2.50. The number of hydrogen-bond donors (Lipinski definition) is 5. The summed E-state index contributed by atoms with van der Waals surface area (Å²) in [7, 11) is 0. The van der Waals surface area contributed by atoms with Gasteiger partial charge in [-0.05, 0) is 109 Å². The Morgan fingerprint density at radius 2 is 1.71 bits per heavy atom. The summed E-state index contributed by atoms with van der Waals surface area (Å²) in [5, 5.41) is 19.0. The maximum atomic E-state index is 14.2. The lowest BCUT2D eigenvalue weighted by Gasteiger charge is -2.57. The molecule has 11 nitrogen and oxygen atoms in total. The molecule has 8 rings (SSSR count). The molecule has 2 saturated carbocycles. The Hall–Kier alpha value is -1.18. The van der Waals surface area contributed by atoms with Gasteiger partial charge in [-0.1, -0.05) is 12.8 Å². The number of piperidine rings is 2. The van der Waals surface area contributed by atoms with Gasteiger partial charge < -0.3 is 40.8 Å². The summed E-state index contributed by atoms with van der Waals surface area (Å²) in [4.78, 5) is 27.3. The third-order valence-corrected chi connectivity index (χ3v) is 14.3. The number of aliphatic hydroxyl groups excluding tert-OH is 1. The number of nitrogens with one attached hydrogen (secondary N) is 2. The number of Topliss-reactive ketones (excluding diaryl/α,β-unsaturated/α-hetero) is 1. The molecule has 6 heterocycles. The van der Waals surface area contributed by atoms with Crippen LogP contribution in [0.15, 0.2) is 0 Å². The second-order valence-electron chi connectivity index (χ2n) is 17.5. The standard InChI is InChI=1S/C37H60N4O7/c1-18-15-24(42)30-25(45-18)17-26-29(32(30)43)23-7-4-5-13-37(35(44)46-33(23)36(2,3)47-26)27(48-37)11-10-19-16-28(38)41-31-20(19)8-6-9-22-21(31)12-14-40-34(22)39/h18-23,25-34,40-41,43H,4-17,38-39H2,1-3H3/t18?,19?,20?,21?,22?,23-,25?,26?,27-,28?,29?,30?,31?,32?,33-,34?,37-/m1/s1. The van der Waals surface area contributed by atoms with Crippen LogP contribution in [0, 0.1) is 41.4 Å². The van der Waals surface area contributed by atoms with E-state index < -0.39 is 29.3 Å². The van der Waals surface area contributed by atoms with Gasteiger partial charge in [-0.15, -0.1) is 0 Å². The number of carbonyl (C=O) groups excluding carboxylic acids is 2.